The lowest BCUT2D eigenvalue weighted by atomic mass is 9.86. The molecule has 2 aliphatic rings. The van der Waals surface area contributed by atoms with Gasteiger partial charge in [0.15, 0.2) is 0 Å². The minimum absolute atomic E-state index is 0.0518. The number of benzene rings is 1. The van der Waals surface area contributed by atoms with Crippen molar-refractivity contribution in [3.63, 3.8) is 0 Å². The van der Waals surface area contributed by atoms with Gasteiger partial charge in [0, 0.05) is 44.3 Å². The molecule has 1 saturated heterocycles. The van der Waals surface area contributed by atoms with Crippen LogP contribution in [-0.2, 0) is 11.3 Å². The number of hydrogen-bond donors (Lipinski definition) is 2. The van der Waals surface area contributed by atoms with E-state index >= 15 is 0 Å². The summed E-state index contributed by atoms with van der Waals surface area (Å²) in [6, 6.07) is 7.94. The van der Waals surface area contributed by atoms with Gasteiger partial charge < -0.3 is 15.3 Å². The number of aliphatic carboxylic acids is 1. The number of nitrogens with one attached hydrogen (secondary N) is 1. The van der Waals surface area contributed by atoms with Crippen molar-refractivity contribution >= 4 is 11.9 Å². The number of carboxylic acids is 1. The zero-order chi connectivity index (χ0) is 18.5. The first-order valence-corrected chi connectivity index (χ1v) is 9.55. The topological polar surface area (TPSA) is 72.9 Å². The lowest BCUT2D eigenvalue weighted by Crippen LogP contribution is -2.43. The van der Waals surface area contributed by atoms with Gasteiger partial charge in [-0.05, 0) is 50.4 Å². The van der Waals surface area contributed by atoms with Gasteiger partial charge in [0.2, 0.25) is 0 Å². The van der Waals surface area contributed by atoms with Crippen molar-refractivity contribution in [1.29, 1.82) is 0 Å². The summed E-state index contributed by atoms with van der Waals surface area (Å²) < 4.78 is 0. The van der Waals surface area contributed by atoms with Gasteiger partial charge in [0.1, 0.15) is 0 Å². The van der Waals surface area contributed by atoms with E-state index in [0.29, 0.717) is 18.4 Å². The first kappa shape index (κ1) is 18.9. The highest BCUT2D eigenvalue weighted by atomic mass is 16.4. The van der Waals surface area contributed by atoms with Crippen LogP contribution in [0.4, 0.5) is 0 Å². The number of likely N-dealkylation sites (N-methyl/N-ethyl adjacent to an activating group) is 1. The second-order valence-corrected chi connectivity index (χ2v) is 7.64. The Kier molecular flexibility index (Phi) is 6.27. The molecule has 0 spiro atoms. The Hall–Kier alpha value is -1.92. The second-order valence-electron chi connectivity index (χ2n) is 7.64. The molecule has 3 rings (SSSR count). The van der Waals surface area contributed by atoms with Gasteiger partial charge >= 0.3 is 5.97 Å². The zero-order valence-corrected chi connectivity index (χ0v) is 15.5. The number of carboxylic acid groups (broad SMARTS) is 1. The van der Waals surface area contributed by atoms with Gasteiger partial charge in [0.25, 0.3) is 5.91 Å². The Balaban J connectivity index is 1.52. The predicted octanol–water partition coefficient (Wildman–Crippen LogP) is 1.81. The van der Waals surface area contributed by atoms with E-state index in [4.69, 9.17) is 5.11 Å². The van der Waals surface area contributed by atoms with Gasteiger partial charge in [-0.2, -0.15) is 0 Å². The van der Waals surface area contributed by atoms with Crippen molar-refractivity contribution in [3.05, 3.63) is 35.4 Å². The fourth-order valence-corrected chi connectivity index (χ4v) is 3.83. The van der Waals surface area contributed by atoms with Crippen molar-refractivity contribution in [2.24, 2.45) is 5.92 Å². The van der Waals surface area contributed by atoms with Crippen molar-refractivity contribution in [2.45, 2.75) is 38.3 Å². The third-order valence-corrected chi connectivity index (χ3v) is 5.60. The number of amides is 1. The van der Waals surface area contributed by atoms with E-state index in [1.807, 2.05) is 18.2 Å². The maximum absolute atomic E-state index is 12.6. The Morgan fingerprint density at radius 1 is 1.12 bits per heavy atom. The highest BCUT2D eigenvalue weighted by Crippen LogP contribution is 2.24. The lowest BCUT2D eigenvalue weighted by Gasteiger charge is -2.32. The van der Waals surface area contributed by atoms with E-state index < -0.39 is 5.97 Å². The van der Waals surface area contributed by atoms with Crippen molar-refractivity contribution in [3.8, 4) is 0 Å². The van der Waals surface area contributed by atoms with Crippen LogP contribution in [0.3, 0.4) is 0 Å². The largest absolute Gasteiger partial charge is 0.481 e. The second kappa shape index (κ2) is 8.64. The van der Waals surface area contributed by atoms with Crippen LogP contribution in [0.25, 0.3) is 0 Å². The molecule has 6 heteroatoms. The molecule has 1 aliphatic heterocycles. The minimum Gasteiger partial charge on any atom is -0.481 e. The van der Waals surface area contributed by atoms with Gasteiger partial charge in [-0.3, -0.25) is 14.5 Å². The molecule has 1 amide bonds. The maximum Gasteiger partial charge on any atom is 0.306 e. The van der Waals surface area contributed by atoms with Crippen LogP contribution in [0.15, 0.2) is 24.3 Å². The summed E-state index contributed by atoms with van der Waals surface area (Å²) in [6.45, 7) is 5.15. The van der Waals surface area contributed by atoms with E-state index in [9.17, 15) is 9.59 Å². The average Bonchev–Trinajstić information content (AvgIpc) is 2.64. The van der Waals surface area contributed by atoms with E-state index in [1.165, 1.54) is 0 Å². The Morgan fingerprint density at radius 3 is 2.46 bits per heavy atom. The molecule has 26 heavy (non-hydrogen) atoms. The first-order chi connectivity index (χ1) is 12.5. The third-order valence-electron chi connectivity index (χ3n) is 5.60. The summed E-state index contributed by atoms with van der Waals surface area (Å²) in [5.41, 5.74) is 1.86. The average molecular weight is 359 g/mol. The number of rotatable bonds is 5. The molecular weight excluding hydrogens is 330 g/mol. The summed E-state index contributed by atoms with van der Waals surface area (Å²) in [5, 5.41) is 12.1. The molecule has 1 saturated carbocycles. The zero-order valence-electron chi connectivity index (χ0n) is 15.5. The monoisotopic (exact) mass is 359 g/mol. The molecule has 1 heterocycles. The number of carbonyl (C=O) groups is 2. The molecule has 0 radical (unpaired) electrons. The molecule has 1 aromatic rings. The van der Waals surface area contributed by atoms with Crippen LogP contribution in [-0.4, -0.2) is 66.1 Å². The number of carbonyl (C=O) groups excluding carboxylic acids is 1. The van der Waals surface area contributed by atoms with Crippen molar-refractivity contribution in [2.75, 3.05) is 33.2 Å². The molecule has 2 fully saturated rings. The molecule has 2 N–H and O–H groups in total. The fraction of sp³-hybridized carbons (Fsp3) is 0.600. The number of nitrogens with zero attached hydrogens (tertiary/aromatic N) is 2. The summed E-state index contributed by atoms with van der Waals surface area (Å²) in [4.78, 5) is 28.4. The van der Waals surface area contributed by atoms with Crippen LogP contribution in [0.2, 0.25) is 0 Å². The van der Waals surface area contributed by atoms with Crippen LogP contribution in [0.1, 0.15) is 41.6 Å². The lowest BCUT2D eigenvalue weighted by molar-refractivity contribution is -0.142. The maximum atomic E-state index is 12.6. The first-order valence-electron chi connectivity index (χ1n) is 9.55. The Labute approximate surface area is 155 Å². The van der Waals surface area contributed by atoms with Crippen LogP contribution in [0, 0.1) is 5.92 Å². The van der Waals surface area contributed by atoms with E-state index in [1.54, 1.807) is 0 Å². The summed E-state index contributed by atoms with van der Waals surface area (Å²) in [5.74, 6) is -1.02. The molecule has 142 valence electrons. The highest BCUT2D eigenvalue weighted by molar-refractivity contribution is 5.94. The highest BCUT2D eigenvalue weighted by Gasteiger charge is 2.27. The van der Waals surface area contributed by atoms with Gasteiger partial charge in [-0.15, -0.1) is 0 Å². The van der Waals surface area contributed by atoms with E-state index in [-0.39, 0.29) is 17.9 Å². The summed E-state index contributed by atoms with van der Waals surface area (Å²) in [6.07, 6.45) is 2.76. The standard InChI is InChI=1S/C20H29N3O3/c1-22-9-11-23(12-10-22)14-15-3-2-4-17(13-15)19(24)21-18-7-5-16(6-8-18)20(25)26/h2-4,13,16,18H,5-12,14H2,1H3,(H,21,24)(H,25,26). The SMILES string of the molecule is CN1CCN(Cc2cccc(C(=O)NC3CCC(C(=O)O)CC3)c2)CC1. The number of piperazine rings is 1. The Bertz CT molecular complexity index is 633. The van der Waals surface area contributed by atoms with Crippen LogP contribution >= 0.6 is 0 Å². The van der Waals surface area contributed by atoms with Crippen LogP contribution in [0.5, 0.6) is 0 Å². The quantitative estimate of drug-likeness (QED) is 0.839. The van der Waals surface area contributed by atoms with Crippen LogP contribution < -0.4 is 5.32 Å². The molecule has 0 bridgehead atoms. The molecule has 1 aromatic carbocycles. The normalized spacial score (nSPS) is 25.0. The Morgan fingerprint density at radius 2 is 1.81 bits per heavy atom. The number of hydrogen-bond acceptors (Lipinski definition) is 4. The molecule has 0 aromatic heterocycles. The fourth-order valence-electron chi connectivity index (χ4n) is 3.83. The molecule has 1 aliphatic carbocycles. The predicted molar refractivity (Wildman–Crippen MR) is 100 cm³/mol. The van der Waals surface area contributed by atoms with Gasteiger partial charge in [-0.25, -0.2) is 0 Å². The van der Waals surface area contributed by atoms with E-state index in [2.05, 4.69) is 28.2 Å². The summed E-state index contributed by atoms with van der Waals surface area (Å²) >= 11 is 0. The van der Waals surface area contributed by atoms with Crippen molar-refractivity contribution < 1.29 is 14.7 Å². The minimum atomic E-state index is -0.716. The molecule has 0 atom stereocenters. The van der Waals surface area contributed by atoms with Crippen molar-refractivity contribution in [1.82, 2.24) is 15.1 Å². The molecule has 0 unspecified atom stereocenters. The molecule has 6 nitrogen and oxygen atoms in total. The van der Waals surface area contributed by atoms with Gasteiger partial charge in [0.05, 0.1) is 5.92 Å². The molecular formula is C20H29N3O3. The third kappa shape index (κ3) is 5.05. The van der Waals surface area contributed by atoms with Gasteiger partial charge in [-0.1, -0.05) is 12.1 Å². The summed E-state index contributed by atoms with van der Waals surface area (Å²) in [7, 11) is 2.15. The smallest absolute Gasteiger partial charge is 0.306 e. The van der Waals surface area contributed by atoms with E-state index in [0.717, 1.165) is 51.1 Å².